The minimum Gasteiger partial charge on any atom is -0.381 e. The Morgan fingerprint density at radius 1 is 0.931 bits per heavy atom. The smallest absolute Gasteiger partial charge is 0.381 e. The Bertz CT molecular complexity index is 2700. The van der Waals surface area contributed by atoms with Crippen LogP contribution in [0.15, 0.2) is 80.8 Å². The maximum absolute atomic E-state index is 15.2. The summed E-state index contributed by atoms with van der Waals surface area (Å²) in [6.07, 6.45) is 2.83. The van der Waals surface area contributed by atoms with Crippen LogP contribution in [0.4, 0.5) is 10.3 Å². The third-order valence-electron chi connectivity index (χ3n) is 13.3. The predicted molar refractivity (Wildman–Crippen MR) is 217 cm³/mol. The van der Waals surface area contributed by atoms with Crippen LogP contribution in [-0.4, -0.2) is 67.9 Å². The summed E-state index contributed by atoms with van der Waals surface area (Å²) in [5.41, 5.74) is 5.37. The number of nitrogens with one attached hydrogen (secondary N) is 1. The lowest BCUT2D eigenvalue weighted by molar-refractivity contribution is 0.0658. The Morgan fingerprint density at radius 3 is 2.33 bits per heavy atom. The number of anilines is 1. The summed E-state index contributed by atoms with van der Waals surface area (Å²) < 4.78 is 29.3. The summed E-state index contributed by atoms with van der Waals surface area (Å²) in [5.74, 6) is 0.425. The van der Waals surface area contributed by atoms with Gasteiger partial charge in [-0.05, 0) is 111 Å². The number of amides is 1. The van der Waals surface area contributed by atoms with Gasteiger partial charge in [-0.1, -0.05) is 48.5 Å². The van der Waals surface area contributed by atoms with Gasteiger partial charge in [0.15, 0.2) is 5.82 Å². The van der Waals surface area contributed by atoms with Gasteiger partial charge >= 0.3 is 5.76 Å². The van der Waals surface area contributed by atoms with Crippen molar-refractivity contribution in [3.05, 3.63) is 138 Å². The molecule has 6 aromatic rings. The first-order chi connectivity index (χ1) is 28.0. The molecule has 58 heavy (non-hydrogen) atoms. The van der Waals surface area contributed by atoms with Crippen molar-refractivity contribution in [2.75, 3.05) is 37.7 Å². The molecule has 4 aliphatic rings. The van der Waals surface area contributed by atoms with Crippen LogP contribution < -0.4 is 16.2 Å². The molecule has 2 saturated heterocycles. The van der Waals surface area contributed by atoms with Gasteiger partial charge in [-0.2, -0.15) is 0 Å². The number of rotatable bonds is 7. The van der Waals surface area contributed by atoms with E-state index in [1.54, 1.807) is 30.5 Å². The third kappa shape index (κ3) is 5.68. The molecular formula is C45H46FN7O5. The van der Waals surface area contributed by atoms with Crippen molar-refractivity contribution in [3.63, 3.8) is 0 Å². The molecule has 0 spiro atoms. The number of nitrogens with zero attached hydrogens (tertiary/aromatic N) is 6. The Balaban J connectivity index is 1.07. The van der Waals surface area contributed by atoms with Crippen LogP contribution in [0, 0.1) is 25.6 Å². The number of halogens is 1. The molecule has 6 heterocycles. The van der Waals surface area contributed by atoms with Crippen LogP contribution in [0.3, 0.4) is 0 Å². The zero-order valence-electron chi connectivity index (χ0n) is 33.1. The Hall–Kier alpha value is -5.82. The fourth-order valence-electron chi connectivity index (χ4n) is 9.89. The number of hydrogen-bond acceptors (Lipinski definition) is 8. The molecular weight excluding hydrogens is 738 g/mol. The standard InChI is InChI=1S/C45H46FN7O5/c1-25-18-34(19-26(2)38(25)46)52-40(54)35-12-15-51(28(4)39(35)47-43(52)50-23-33(24-50)29-8-6-5-7-9-29)41(55)37-21-32-20-31(30-13-16-57-17-14-30)10-11-36(32)53(37)45(22-27(45)3)42-48-44(56)58-49-42/h5-11,18-21,27-28,30,33H,12-17,22-24H2,1-4H3,(H,48,49,56). The Kier molecular flexibility index (Phi) is 8.59. The number of carbonyl (C=O) groups excluding carboxylic acids is 1. The summed E-state index contributed by atoms with van der Waals surface area (Å²) in [4.78, 5) is 54.2. The minimum absolute atomic E-state index is 0.0581. The Morgan fingerprint density at radius 2 is 1.66 bits per heavy atom. The summed E-state index contributed by atoms with van der Waals surface area (Å²) in [6.45, 7) is 10.5. The first-order valence-electron chi connectivity index (χ1n) is 20.4. The maximum atomic E-state index is 15.2. The molecule has 12 nitrogen and oxygen atoms in total. The molecule has 3 unspecified atom stereocenters. The van der Waals surface area contributed by atoms with Gasteiger partial charge in [0.1, 0.15) is 17.1 Å². The van der Waals surface area contributed by atoms with Gasteiger partial charge in [-0.15, -0.1) is 0 Å². The second kappa shape index (κ2) is 13.6. The van der Waals surface area contributed by atoms with Crippen molar-refractivity contribution in [2.24, 2.45) is 5.92 Å². The van der Waals surface area contributed by atoms with Crippen LogP contribution in [0.25, 0.3) is 16.6 Å². The van der Waals surface area contributed by atoms with Crippen molar-refractivity contribution in [3.8, 4) is 5.69 Å². The summed E-state index contributed by atoms with van der Waals surface area (Å²) in [7, 11) is 0. The van der Waals surface area contributed by atoms with Crippen LogP contribution in [0.1, 0.15) is 101 Å². The lowest BCUT2D eigenvalue weighted by Crippen LogP contribution is -2.50. The van der Waals surface area contributed by atoms with Crippen molar-refractivity contribution in [2.45, 2.75) is 76.8 Å². The van der Waals surface area contributed by atoms with Crippen molar-refractivity contribution < 1.29 is 18.4 Å². The van der Waals surface area contributed by atoms with E-state index in [0.29, 0.717) is 83.9 Å². The molecule has 3 fully saturated rings. The van der Waals surface area contributed by atoms with Gasteiger partial charge in [0.25, 0.3) is 11.5 Å². The number of carbonyl (C=O) groups is 1. The molecule has 3 atom stereocenters. The normalized spacial score (nSPS) is 22.3. The van der Waals surface area contributed by atoms with Gasteiger partial charge in [0.2, 0.25) is 5.95 Å². The van der Waals surface area contributed by atoms with E-state index in [-0.39, 0.29) is 29.1 Å². The highest BCUT2D eigenvalue weighted by Gasteiger charge is 2.59. The number of benzene rings is 3. The molecule has 298 valence electrons. The van der Waals surface area contributed by atoms with E-state index in [9.17, 15) is 14.0 Å². The maximum Gasteiger partial charge on any atom is 0.438 e. The van der Waals surface area contributed by atoms with E-state index in [4.69, 9.17) is 14.2 Å². The molecule has 1 N–H and O–H groups in total. The average Bonchev–Trinajstić information content (AvgIpc) is 3.48. The lowest BCUT2D eigenvalue weighted by Gasteiger charge is -2.42. The number of aromatic nitrogens is 5. The van der Waals surface area contributed by atoms with Gasteiger partial charge in [-0.25, -0.2) is 18.7 Å². The van der Waals surface area contributed by atoms with Crippen LogP contribution >= 0.6 is 0 Å². The summed E-state index contributed by atoms with van der Waals surface area (Å²) in [6, 6.07) is 21.6. The van der Waals surface area contributed by atoms with Crippen LogP contribution in [-0.2, 0) is 16.7 Å². The highest BCUT2D eigenvalue weighted by atomic mass is 19.1. The van der Waals surface area contributed by atoms with Gasteiger partial charge < -0.3 is 19.1 Å². The molecule has 13 heteroatoms. The fraction of sp³-hybridized carbons (Fsp3) is 0.400. The molecule has 0 bridgehead atoms. The molecule has 0 radical (unpaired) electrons. The van der Waals surface area contributed by atoms with Crippen molar-refractivity contribution in [1.29, 1.82) is 0 Å². The molecule has 1 aliphatic carbocycles. The average molecular weight is 784 g/mol. The fourth-order valence-corrected chi connectivity index (χ4v) is 9.89. The number of hydrogen-bond donors (Lipinski definition) is 1. The first kappa shape index (κ1) is 36.5. The van der Waals surface area contributed by atoms with E-state index in [1.807, 2.05) is 36.1 Å². The van der Waals surface area contributed by atoms with E-state index in [1.165, 1.54) is 11.1 Å². The number of aromatic amines is 1. The quantitative estimate of drug-likeness (QED) is 0.190. The third-order valence-corrected chi connectivity index (χ3v) is 13.3. The minimum atomic E-state index is -0.784. The van der Waals surface area contributed by atoms with Crippen LogP contribution in [0.5, 0.6) is 0 Å². The monoisotopic (exact) mass is 783 g/mol. The van der Waals surface area contributed by atoms with E-state index >= 15 is 4.79 Å². The van der Waals surface area contributed by atoms with E-state index in [0.717, 1.165) is 37.0 Å². The highest BCUT2D eigenvalue weighted by molar-refractivity contribution is 6.00. The van der Waals surface area contributed by atoms with Crippen molar-refractivity contribution >= 4 is 22.8 Å². The molecule has 10 rings (SSSR count). The largest absolute Gasteiger partial charge is 0.438 e. The first-order valence-corrected chi connectivity index (χ1v) is 20.4. The number of fused-ring (bicyclic) bond motifs is 2. The zero-order valence-corrected chi connectivity index (χ0v) is 33.1. The second-order valence-corrected chi connectivity index (χ2v) is 16.8. The molecule has 3 aromatic heterocycles. The summed E-state index contributed by atoms with van der Waals surface area (Å²) >= 11 is 0. The zero-order chi connectivity index (χ0) is 40.0. The predicted octanol–water partition coefficient (Wildman–Crippen LogP) is 6.66. The lowest BCUT2D eigenvalue weighted by atomic mass is 9.91. The van der Waals surface area contributed by atoms with Gasteiger partial charge in [-0.3, -0.25) is 19.1 Å². The Labute approximate surface area is 334 Å². The second-order valence-electron chi connectivity index (χ2n) is 16.8. The van der Waals surface area contributed by atoms with Crippen molar-refractivity contribution in [1.82, 2.24) is 29.2 Å². The molecule has 3 aromatic carbocycles. The number of aryl methyl sites for hydroxylation is 2. The van der Waals surface area contributed by atoms with Crippen LogP contribution in [0.2, 0.25) is 0 Å². The molecule has 1 amide bonds. The highest BCUT2D eigenvalue weighted by Crippen LogP contribution is 2.56. The van der Waals surface area contributed by atoms with E-state index < -0.39 is 17.3 Å². The van der Waals surface area contributed by atoms with Gasteiger partial charge in [0, 0.05) is 55.2 Å². The number of H-pyrrole nitrogens is 1. The number of ether oxygens (including phenoxy) is 1. The molecule has 3 aliphatic heterocycles. The van der Waals surface area contributed by atoms with Gasteiger partial charge in [0.05, 0.1) is 17.4 Å². The van der Waals surface area contributed by atoms with E-state index in [2.05, 4.69) is 56.9 Å². The SMILES string of the molecule is Cc1cc(-n2c(N3CC(c4ccccc4)C3)nc3c(c2=O)CCN(C(=O)c2cc4cc(C5CCOCC5)ccc4n2C2(c4noc(=O)[nH]4)CC2C)C3C)cc(C)c1F. The summed E-state index contributed by atoms with van der Waals surface area (Å²) in [5, 5.41) is 5.09. The molecule has 1 saturated carbocycles. The topological polar surface area (TPSA) is 131 Å².